The predicted molar refractivity (Wildman–Crippen MR) is 101 cm³/mol. The minimum Gasteiger partial charge on any atom is -0.284 e. The number of nitrogens with zero attached hydrogens (tertiary/aromatic N) is 1. The molecule has 0 aliphatic rings. The van der Waals surface area contributed by atoms with Crippen LogP contribution in [0.4, 0.5) is 11.4 Å². The Bertz CT molecular complexity index is 703. The molecule has 0 aliphatic carbocycles. The van der Waals surface area contributed by atoms with E-state index in [-0.39, 0.29) is 0 Å². The highest BCUT2D eigenvalue weighted by molar-refractivity contribution is 6.36. The van der Waals surface area contributed by atoms with Crippen LogP contribution >= 0.6 is 23.4 Å². The Balaban J connectivity index is 0.000000229. The Morgan fingerprint density at radius 3 is 1.78 bits per heavy atom. The van der Waals surface area contributed by atoms with Gasteiger partial charge in [-0.05, 0) is 31.2 Å². The average molecular weight is 345 g/mol. The van der Waals surface area contributed by atoms with Gasteiger partial charge in [0, 0.05) is 11.8 Å². The summed E-state index contributed by atoms with van der Waals surface area (Å²) in [5.41, 5.74) is 5.95. The zero-order valence-electron chi connectivity index (χ0n) is 12.8. The van der Waals surface area contributed by atoms with Crippen molar-refractivity contribution >= 4 is 34.8 Å². The number of hydrogen-bond donors (Lipinski definition) is 1. The molecular formula is C19H18Cl2N2. The van der Waals surface area contributed by atoms with Crippen molar-refractivity contribution in [2.75, 3.05) is 9.95 Å². The summed E-state index contributed by atoms with van der Waals surface area (Å²) in [4.78, 5) is 0. The van der Waals surface area contributed by atoms with E-state index in [9.17, 15) is 0 Å². The van der Waals surface area contributed by atoms with Gasteiger partial charge in [0.25, 0.3) is 0 Å². The molecule has 0 spiro atoms. The summed E-state index contributed by atoms with van der Waals surface area (Å²) in [5, 5.41) is 0.598. The van der Waals surface area contributed by atoms with Crippen molar-refractivity contribution in [2.45, 2.75) is 6.92 Å². The van der Waals surface area contributed by atoms with Crippen molar-refractivity contribution in [1.29, 1.82) is 0 Å². The monoisotopic (exact) mass is 344 g/mol. The SMILES string of the molecule is Cc1ccccc1.Clc1ccccc1N(Cl)Nc1ccccc1. The smallest absolute Gasteiger partial charge is 0.0946 e. The van der Waals surface area contributed by atoms with Gasteiger partial charge in [-0.15, -0.1) is 0 Å². The second kappa shape index (κ2) is 9.09. The molecule has 2 nitrogen and oxygen atoms in total. The topological polar surface area (TPSA) is 15.3 Å². The van der Waals surface area contributed by atoms with Crippen molar-refractivity contribution < 1.29 is 0 Å². The van der Waals surface area contributed by atoms with E-state index < -0.39 is 0 Å². The second-order valence-electron chi connectivity index (χ2n) is 4.86. The third-order valence-corrected chi connectivity index (χ3v) is 3.59. The maximum atomic E-state index is 6.08. The summed E-state index contributed by atoms with van der Waals surface area (Å²) in [7, 11) is 0. The Morgan fingerprint density at radius 2 is 1.26 bits per heavy atom. The minimum atomic E-state index is 0.598. The van der Waals surface area contributed by atoms with Gasteiger partial charge in [0.2, 0.25) is 0 Å². The number of para-hydroxylation sites is 2. The molecule has 1 N–H and O–H groups in total. The Kier molecular flexibility index (Phi) is 6.79. The number of aryl methyl sites for hydroxylation is 1. The van der Waals surface area contributed by atoms with E-state index in [1.165, 1.54) is 10.1 Å². The molecule has 0 aromatic heterocycles. The molecule has 3 aromatic carbocycles. The molecule has 3 rings (SSSR count). The lowest BCUT2D eigenvalue weighted by molar-refractivity contribution is 1.27. The minimum absolute atomic E-state index is 0.598. The number of benzene rings is 3. The number of hydrazine groups is 1. The molecular weight excluding hydrogens is 327 g/mol. The fraction of sp³-hybridized carbons (Fsp3) is 0.0526. The highest BCUT2D eigenvalue weighted by Crippen LogP contribution is 2.26. The van der Waals surface area contributed by atoms with E-state index >= 15 is 0 Å². The average Bonchev–Trinajstić information content (AvgIpc) is 2.57. The Hall–Kier alpha value is -2.16. The van der Waals surface area contributed by atoms with Crippen molar-refractivity contribution in [1.82, 2.24) is 0 Å². The highest BCUT2D eigenvalue weighted by Gasteiger charge is 2.06. The first-order valence-electron chi connectivity index (χ1n) is 7.20. The first-order chi connectivity index (χ1) is 11.2. The molecule has 0 fully saturated rings. The predicted octanol–water partition coefficient (Wildman–Crippen LogP) is 6.32. The van der Waals surface area contributed by atoms with Gasteiger partial charge in [-0.1, -0.05) is 77.8 Å². The molecule has 0 saturated carbocycles. The van der Waals surface area contributed by atoms with Crippen molar-refractivity contribution in [2.24, 2.45) is 0 Å². The van der Waals surface area contributed by atoms with E-state index in [1.807, 2.05) is 66.7 Å². The number of halogens is 2. The summed E-state index contributed by atoms with van der Waals surface area (Å²) in [6, 6.07) is 27.3. The lowest BCUT2D eigenvalue weighted by atomic mass is 10.2. The van der Waals surface area contributed by atoms with Crippen LogP contribution in [0.15, 0.2) is 84.9 Å². The van der Waals surface area contributed by atoms with Crippen LogP contribution in [-0.2, 0) is 0 Å². The van der Waals surface area contributed by atoms with Crippen molar-refractivity contribution in [3.05, 3.63) is 95.5 Å². The fourth-order valence-electron chi connectivity index (χ4n) is 1.83. The normalized spacial score (nSPS) is 9.52. The zero-order valence-corrected chi connectivity index (χ0v) is 14.3. The summed E-state index contributed by atoms with van der Waals surface area (Å²) >= 11 is 12.1. The highest BCUT2D eigenvalue weighted by atomic mass is 35.5. The second-order valence-corrected chi connectivity index (χ2v) is 5.61. The van der Waals surface area contributed by atoms with Crippen LogP contribution in [0.3, 0.4) is 0 Å². The molecule has 0 unspecified atom stereocenters. The van der Waals surface area contributed by atoms with Crippen LogP contribution in [0.1, 0.15) is 5.56 Å². The number of rotatable bonds is 3. The van der Waals surface area contributed by atoms with Crippen LogP contribution in [0, 0.1) is 6.92 Å². The molecule has 0 radical (unpaired) electrons. The summed E-state index contributed by atoms with van der Waals surface area (Å²) < 4.78 is 1.37. The molecule has 4 heteroatoms. The first kappa shape index (κ1) is 17.2. The van der Waals surface area contributed by atoms with Gasteiger partial charge >= 0.3 is 0 Å². The van der Waals surface area contributed by atoms with E-state index in [2.05, 4.69) is 24.5 Å². The third-order valence-electron chi connectivity index (χ3n) is 3.01. The number of hydrogen-bond acceptors (Lipinski definition) is 2. The van der Waals surface area contributed by atoms with Gasteiger partial charge in [-0.25, -0.2) is 0 Å². The fourth-order valence-corrected chi connectivity index (χ4v) is 2.34. The maximum Gasteiger partial charge on any atom is 0.0946 e. The van der Waals surface area contributed by atoms with E-state index in [0.29, 0.717) is 5.02 Å². The van der Waals surface area contributed by atoms with E-state index in [1.54, 1.807) is 6.07 Å². The molecule has 0 aliphatic heterocycles. The van der Waals surface area contributed by atoms with Gasteiger partial charge in [-0.2, -0.15) is 4.53 Å². The van der Waals surface area contributed by atoms with Crippen LogP contribution < -0.4 is 9.95 Å². The van der Waals surface area contributed by atoms with Gasteiger partial charge in [0.15, 0.2) is 0 Å². The van der Waals surface area contributed by atoms with Gasteiger partial charge in [0.05, 0.1) is 16.4 Å². The quantitative estimate of drug-likeness (QED) is 0.441. The number of anilines is 2. The maximum absolute atomic E-state index is 6.08. The van der Waals surface area contributed by atoms with Gasteiger partial charge < -0.3 is 0 Å². The van der Waals surface area contributed by atoms with E-state index in [4.69, 9.17) is 23.4 Å². The van der Waals surface area contributed by atoms with Crippen LogP contribution in [0.5, 0.6) is 0 Å². The first-order valence-corrected chi connectivity index (χ1v) is 7.92. The summed E-state index contributed by atoms with van der Waals surface area (Å²) in [6.45, 7) is 2.08. The molecule has 23 heavy (non-hydrogen) atoms. The van der Waals surface area contributed by atoms with Crippen LogP contribution in [0.2, 0.25) is 5.02 Å². The summed E-state index contributed by atoms with van der Waals surface area (Å²) in [6.07, 6.45) is 0. The molecule has 0 saturated heterocycles. The standard InChI is InChI=1S/C12H10Cl2N2.C7H8/c13-11-8-4-5-9-12(11)16(14)15-10-6-2-1-3-7-10;1-7-5-3-2-4-6-7/h1-9,15H;2-6H,1H3. The van der Waals surface area contributed by atoms with Crippen LogP contribution in [0.25, 0.3) is 0 Å². The van der Waals surface area contributed by atoms with Crippen LogP contribution in [-0.4, -0.2) is 0 Å². The molecule has 118 valence electrons. The summed E-state index contributed by atoms with van der Waals surface area (Å²) in [5.74, 6) is 0. The van der Waals surface area contributed by atoms with Gasteiger partial charge in [-0.3, -0.25) is 5.43 Å². The lowest BCUT2D eigenvalue weighted by Crippen LogP contribution is -2.18. The molecule has 0 amide bonds. The lowest BCUT2D eigenvalue weighted by Gasteiger charge is -2.18. The molecule has 0 atom stereocenters. The molecule has 3 aromatic rings. The largest absolute Gasteiger partial charge is 0.284 e. The third kappa shape index (κ3) is 5.85. The Labute approximate surface area is 147 Å². The van der Waals surface area contributed by atoms with Crippen molar-refractivity contribution in [3.8, 4) is 0 Å². The Morgan fingerprint density at radius 1 is 0.739 bits per heavy atom. The van der Waals surface area contributed by atoms with Crippen molar-refractivity contribution in [3.63, 3.8) is 0 Å². The van der Waals surface area contributed by atoms with Gasteiger partial charge in [0.1, 0.15) is 0 Å². The molecule has 0 heterocycles. The van der Waals surface area contributed by atoms with E-state index in [0.717, 1.165) is 11.4 Å². The number of nitrogens with one attached hydrogen (secondary N) is 1. The molecule has 0 bridgehead atoms. The zero-order chi connectivity index (χ0) is 16.5.